The van der Waals surface area contributed by atoms with E-state index >= 15 is 0 Å². The third kappa shape index (κ3) is 3.12. The van der Waals surface area contributed by atoms with E-state index in [0.717, 1.165) is 12.2 Å². The van der Waals surface area contributed by atoms with Crippen molar-refractivity contribution in [2.24, 2.45) is 13.0 Å². The zero-order valence-electron chi connectivity index (χ0n) is 9.75. The molecule has 0 radical (unpaired) electrons. The molecule has 0 amide bonds. The summed E-state index contributed by atoms with van der Waals surface area (Å²) in [6.45, 7) is 1.49. The highest BCUT2D eigenvalue weighted by molar-refractivity contribution is 5.85. The second-order valence-corrected chi connectivity index (χ2v) is 3.82. The van der Waals surface area contributed by atoms with Crippen LogP contribution in [0.25, 0.3) is 0 Å². The van der Waals surface area contributed by atoms with Gasteiger partial charge in [0.1, 0.15) is 0 Å². The predicted molar refractivity (Wildman–Crippen MR) is 68.8 cm³/mol. The summed E-state index contributed by atoms with van der Waals surface area (Å²) in [7, 11) is 3.37. The SMILES string of the molecule is COC(=O)C1CNCC1c1cncn1C.Cl.Cl. The molecular formula is C10H17Cl2N3O2. The van der Waals surface area contributed by atoms with Gasteiger partial charge < -0.3 is 14.6 Å². The van der Waals surface area contributed by atoms with Gasteiger partial charge in [-0.25, -0.2) is 4.98 Å². The predicted octanol–water partition coefficient (Wildman–Crippen LogP) is 0.740. The maximum Gasteiger partial charge on any atom is 0.310 e. The van der Waals surface area contributed by atoms with Crippen LogP contribution in [0.5, 0.6) is 0 Å². The molecule has 0 bridgehead atoms. The molecule has 0 aromatic carbocycles. The number of aromatic nitrogens is 2. The van der Waals surface area contributed by atoms with E-state index in [9.17, 15) is 4.79 Å². The molecule has 1 N–H and O–H groups in total. The number of aryl methyl sites for hydroxylation is 1. The number of carbonyl (C=O) groups is 1. The topological polar surface area (TPSA) is 56.1 Å². The molecule has 1 aromatic heterocycles. The summed E-state index contributed by atoms with van der Waals surface area (Å²) >= 11 is 0. The molecule has 2 unspecified atom stereocenters. The first-order chi connectivity index (χ1) is 7.24. The fourth-order valence-corrected chi connectivity index (χ4v) is 2.11. The number of ether oxygens (including phenoxy) is 1. The minimum absolute atomic E-state index is 0. The molecule has 98 valence electrons. The minimum atomic E-state index is -0.147. The molecule has 17 heavy (non-hydrogen) atoms. The summed E-state index contributed by atoms with van der Waals surface area (Å²) in [5, 5.41) is 3.21. The number of nitrogens with zero attached hydrogens (tertiary/aromatic N) is 2. The van der Waals surface area contributed by atoms with Crippen molar-refractivity contribution in [1.29, 1.82) is 0 Å². The largest absolute Gasteiger partial charge is 0.469 e. The Kier molecular flexibility index (Phi) is 6.52. The molecule has 1 aromatic rings. The van der Waals surface area contributed by atoms with Gasteiger partial charge in [0.2, 0.25) is 0 Å². The minimum Gasteiger partial charge on any atom is -0.469 e. The lowest BCUT2D eigenvalue weighted by molar-refractivity contribution is -0.145. The molecule has 0 saturated carbocycles. The number of hydrogen-bond acceptors (Lipinski definition) is 4. The number of esters is 1. The second-order valence-electron chi connectivity index (χ2n) is 3.82. The smallest absolute Gasteiger partial charge is 0.310 e. The highest BCUT2D eigenvalue weighted by Crippen LogP contribution is 2.28. The van der Waals surface area contributed by atoms with Crippen molar-refractivity contribution in [3.05, 3.63) is 18.2 Å². The molecule has 2 heterocycles. The molecule has 1 aliphatic rings. The molecule has 0 aliphatic carbocycles. The van der Waals surface area contributed by atoms with E-state index in [2.05, 4.69) is 10.3 Å². The van der Waals surface area contributed by atoms with Gasteiger partial charge in [-0.1, -0.05) is 0 Å². The summed E-state index contributed by atoms with van der Waals surface area (Å²) in [5.74, 6) is -0.0680. The van der Waals surface area contributed by atoms with Crippen LogP contribution in [-0.2, 0) is 16.6 Å². The van der Waals surface area contributed by atoms with Gasteiger partial charge in [-0.2, -0.15) is 0 Å². The number of methoxy groups -OCH3 is 1. The molecular weight excluding hydrogens is 265 g/mol. The normalized spacial score (nSPS) is 22.5. The van der Waals surface area contributed by atoms with E-state index < -0.39 is 0 Å². The van der Waals surface area contributed by atoms with Gasteiger partial charge in [-0.3, -0.25) is 4.79 Å². The van der Waals surface area contributed by atoms with Crippen LogP contribution < -0.4 is 5.32 Å². The lowest BCUT2D eigenvalue weighted by Gasteiger charge is -2.16. The number of carbonyl (C=O) groups excluding carboxylic acids is 1. The molecule has 1 aliphatic heterocycles. The third-order valence-electron chi connectivity index (χ3n) is 2.95. The van der Waals surface area contributed by atoms with Crippen molar-refractivity contribution in [3.8, 4) is 0 Å². The van der Waals surface area contributed by atoms with Gasteiger partial charge in [0.05, 0.1) is 19.4 Å². The maximum atomic E-state index is 11.5. The summed E-state index contributed by atoms with van der Waals surface area (Å²) in [4.78, 5) is 15.6. The first-order valence-corrected chi connectivity index (χ1v) is 4.98. The van der Waals surface area contributed by atoms with Gasteiger partial charge in [0, 0.05) is 37.9 Å². The first-order valence-electron chi connectivity index (χ1n) is 4.98. The van der Waals surface area contributed by atoms with Gasteiger partial charge in [0.25, 0.3) is 0 Å². The Labute approximate surface area is 113 Å². The molecule has 2 rings (SSSR count). The van der Waals surface area contributed by atoms with Crippen LogP contribution in [0.2, 0.25) is 0 Å². The van der Waals surface area contributed by atoms with E-state index in [1.165, 1.54) is 7.11 Å². The Morgan fingerprint density at radius 2 is 2.24 bits per heavy atom. The number of rotatable bonds is 2. The number of imidazole rings is 1. The summed E-state index contributed by atoms with van der Waals surface area (Å²) in [6, 6.07) is 0. The molecule has 7 heteroatoms. The Morgan fingerprint density at radius 1 is 1.53 bits per heavy atom. The van der Waals surface area contributed by atoms with Crippen LogP contribution in [0.3, 0.4) is 0 Å². The van der Waals surface area contributed by atoms with E-state index in [4.69, 9.17) is 4.74 Å². The maximum absolute atomic E-state index is 11.5. The van der Waals surface area contributed by atoms with Gasteiger partial charge in [-0.15, -0.1) is 24.8 Å². The van der Waals surface area contributed by atoms with Crippen molar-refractivity contribution in [3.63, 3.8) is 0 Å². The lowest BCUT2D eigenvalue weighted by atomic mass is 9.93. The van der Waals surface area contributed by atoms with Crippen LogP contribution in [0.4, 0.5) is 0 Å². The fraction of sp³-hybridized carbons (Fsp3) is 0.600. The highest BCUT2D eigenvalue weighted by Gasteiger charge is 2.36. The van der Waals surface area contributed by atoms with Crippen LogP contribution in [0.1, 0.15) is 11.6 Å². The van der Waals surface area contributed by atoms with Crippen molar-refractivity contribution < 1.29 is 9.53 Å². The highest BCUT2D eigenvalue weighted by atomic mass is 35.5. The van der Waals surface area contributed by atoms with Crippen LogP contribution in [0.15, 0.2) is 12.5 Å². The standard InChI is InChI=1S/C10H15N3O2.2ClH/c1-13-6-12-5-9(13)7-3-11-4-8(7)10(14)15-2;;/h5-8,11H,3-4H2,1-2H3;2*1H. The van der Waals surface area contributed by atoms with Gasteiger partial charge >= 0.3 is 5.97 Å². The average molecular weight is 282 g/mol. The molecule has 1 saturated heterocycles. The summed E-state index contributed by atoms with van der Waals surface area (Å²) < 4.78 is 6.75. The zero-order valence-corrected chi connectivity index (χ0v) is 11.4. The van der Waals surface area contributed by atoms with Crippen molar-refractivity contribution in [2.75, 3.05) is 20.2 Å². The van der Waals surface area contributed by atoms with Gasteiger partial charge in [-0.05, 0) is 0 Å². The molecule has 0 spiro atoms. The molecule has 5 nitrogen and oxygen atoms in total. The second kappa shape index (κ2) is 6.83. The fourth-order valence-electron chi connectivity index (χ4n) is 2.11. The van der Waals surface area contributed by atoms with Crippen LogP contribution in [-0.4, -0.2) is 35.7 Å². The number of halogens is 2. The lowest BCUT2D eigenvalue weighted by Crippen LogP contribution is -2.23. The average Bonchev–Trinajstić information content (AvgIpc) is 2.84. The van der Waals surface area contributed by atoms with E-state index in [1.807, 2.05) is 17.8 Å². The molecule has 1 fully saturated rings. The van der Waals surface area contributed by atoms with Crippen molar-refractivity contribution >= 4 is 30.8 Å². The monoisotopic (exact) mass is 281 g/mol. The number of hydrogen-bond donors (Lipinski definition) is 1. The summed E-state index contributed by atoms with van der Waals surface area (Å²) in [5.41, 5.74) is 1.08. The van der Waals surface area contributed by atoms with E-state index in [0.29, 0.717) is 6.54 Å². The van der Waals surface area contributed by atoms with Crippen molar-refractivity contribution in [2.45, 2.75) is 5.92 Å². The van der Waals surface area contributed by atoms with Crippen LogP contribution in [0, 0.1) is 5.92 Å². The van der Waals surface area contributed by atoms with Crippen molar-refractivity contribution in [1.82, 2.24) is 14.9 Å². The van der Waals surface area contributed by atoms with E-state index in [1.54, 1.807) is 6.33 Å². The van der Waals surface area contributed by atoms with E-state index in [-0.39, 0.29) is 42.6 Å². The Hall–Kier alpha value is -0.780. The quantitative estimate of drug-likeness (QED) is 0.813. The first kappa shape index (κ1) is 16.2. The third-order valence-corrected chi connectivity index (χ3v) is 2.95. The van der Waals surface area contributed by atoms with Gasteiger partial charge in [0.15, 0.2) is 0 Å². The Balaban J connectivity index is 0.00000128. The summed E-state index contributed by atoms with van der Waals surface area (Å²) in [6.07, 6.45) is 3.57. The Bertz CT molecular complexity index is 370. The zero-order chi connectivity index (χ0) is 10.8. The van der Waals surface area contributed by atoms with Crippen LogP contribution >= 0.6 is 24.8 Å². The Morgan fingerprint density at radius 3 is 2.76 bits per heavy atom. The number of nitrogens with one attached hydrogen (secondary N) is 1. The molecule has 2 atom stereocenters.